The Balaban J connectivity index is 2.24. The molecule has 0 saturated carbocycles. The maximum atomic E-state index is 12.6. The number of nitrogens with zero attached hydrogens (tertiary/aromatic N) is 1. The first-order valence-electron chi connectivity index (χ1n) is 7.91. The number of hydrogen-bond acceptors (Lipinski definition) is 2. The van der Waals surface area contributed by atoms with Crippen molar-refractivity contribution in [3.05, 3.63) is 63.6 Å². The Kier molecular flexibility index (Phi) is 6.49. The van der Waals surface area contributed by atoms with Crippen LogP contribution in [0.4, 0.5) is 5.69 Å². The summed E-state index contributed by atoms with van der Waals surface area (Å²) in [5.74, 6) is -0.110. The molecule has 0 unspecified atom stereocenters. The van der Waals surface area contributed by atoms with Crippen LogP contribution in [-0.2, 0) is 0 Å². The first-order chi connectivity index (χ1) is 11.1. The summed E-state index contributed by atoms with van der Waals surface area (Å²) in [5.41, 5.74) is 2.19. The minimum Gasteiger partial charge on any atom is -0.372 e. The molecule has 0 bridgehead atoms. The summed E-state index contributed by atoms with van der Waals surface area (Å²) in [4.78, 5) is 14.9. The predicted octanol–water partition coefficient (Wildman–Crippen LogP) is 5.85. The van der Waals surface area contributed by atoms with E-state index >= 15 is 0 Å². The van der Waals surface area contributed by atoms with Crippen LogP contribution in [0.25, 0.3) is 0 Å². The van der Waals surface area contributed by atoms with E-state index in [-0.39, 0.29) is 5.78 Å². The molecule has 122 valence electrons. The second kappa shape index (κ2) is 8.37. The summed E-state index contributed by atoms with van der Waals surface area (Å²) >= 11 is 12.1. The minimum atomic E-state index is -0.110. The summed E-state index contributed by atoms with van der Waals surface area (Å²) in [6, 6.07) is 12.6. The molecule has 0 aliphatic rings. The average Bonchev–Trinajstić information content (AvgIpc) is 2.56. The zero-order valence-electron chi connectivity index (χ0n) is 13.5. The van der Waals surface area contributed by atoms with Crippen LogP contribution in [0, 0.1) is 0 Å². The molecule has 2 nitrogen and oxygen atoms in total. The van der Waals surface area contributed by atoms with Crippen molar-refractivity contribution in [1.82, 2.24) is 0 Å². The Bertz CT molecular complexity index is 662. The zero-order chi connectivity index (χ0) is 16.8. The fourth-order valence-electron chi connectivity index (χ4n) is 2.56. The Hall–Kier alpha value is -1.51. The predicted molar refractivity (Wildman–Crippen MR) is 99.1 cm³/mol. The lowest BCUT2D eigenvalue weighted by atomic mass is 10.0. The van der Waals surface area contributed by atoms with E-state index in [1.165, 1.54) is 0 Å². The van der Waals surface area contributed by atoms with Gasteiger partial charge in [0, 0.05) is 34.9 Å². The molecule has 2 aromatic carbocycles. The Morgan fingerprint density at radius 1 is 0.957 bits per heavy atom. The number of carbonyl (C=O) groups is 1. The van der Waals surface area contributed by atoms with Gasteiger partial charge in [0.05, 0.1) is 5.02 Å². The third-order valence-electron chi connectivity index (χ3n) is 3.65. The minimum absolute atomic E-state index is 0.110. The highest BCUT2D eigenvalue weighted by molar-refractivity contribution is 6.36. The second-order valence-corrected chi connectivity index (χ2v) is 6.33. The summed E-state index contributed by atoms with van der Waals surface area (Å²) in [6.45, 7) is 6.37. The van der Waals surface area contributed by atoms with Crippen molar-refractivity contribution < 1.29 is 4.79 Å². The topological polar surface area (TPSA) is 20.3 Å². The van der Waals surface area contributed by atoms with Crippen LogP contribution < -0.4 is 4.90 Å². The molecule has 4 heteroatoms. The molecule has 0 N–H and O–H groups in total. The molecule has 0 aliphatic heterocycles. The molecule has 2 rings (SSSR count). The fourth-order valence-corrected chi connectivity index (χ4v) is 2.94. The normalized spacial score (nSPS) is 10.6. The number of benzene rings is 2. The lowest BCUT2D eigenvalue weighted by Gasteiger charge is -2.23. The first kappa shape index (κ1) is 17.8. The standard InChI is InChI=1S/C19H21Cl2NO/c1-3-11-22(12-4-2)16-8-5-14(6-9-16)19(23)17-13-15(20)7-10-18(17)21/h5-10,13H,3-4,11-12H2,1-2H3. The summed E-state index contributed by atoms with van der Waals surface area (Å²) in [5, 5.41) is 0.925. The van der Waals surface area contributed by atoms with Gasteiger partial charge < -0.3 is 4.90 Å². The van der Waals surface area contributed by atoms with Crippen LogP contribution in [0.5, 0.6) is 0 Å². The van der Waals surface area contributed by atoms with Gasteiger partial charge in [-0.1, -0.05) is 37.0 Å². The molecular weight excluding hydrogens is 329 g/mol. The van der Waals surface area contributed by atoms with Crippen molar-refractivity contribution >= 4 is 34.7 Å². The highest BCUT2D eigenvalue weighted by Crippen LogP contribution is 2.24. The number of hydrogen-bond donors (Lipinski definition) is 0. The van der Waals surface area contributed by atoms with E-state index < -0.39 is 0 Å². The van der Waals surface area contributed by atoms with Crippen LogP contribution in [0.2, 0.25) is 10.0 Å². The van der Waals surface area contributed by atoms with Crippen LogP contribution in [-0.4, -0.2) is 18.9 Å². The highest BCUT2D eigenvalue weighted by Gasteiger charge is 2.14. The third kappa shape index (κ3) is 4.49. The average molecular weight is 350 g/mol. The molecule has 0 amide bonds. The molecule has 0 heterocycles. The van der Waals surface area contributed by atoms with Crippen LogP contribution in [0.3, 0.4) is 0 Å². The monoisotopic (exact) mass is 349 g/mol. The van der Waals surface area contributed by atoms with Crippen molar-refractivity contribution in [3.8, 4) is 0 Å². The molecule has 0 spiro atoms. The van der Waals surface area contributed by atoms with Gasteiger partial charge >= 0.3 is 0 Å². The summed E-state index contributed by atoms with van der Waals surface area (Å²) in [6.07, 6.45) is 2.19. The molecule has 0 aliphatic carbocycles. The van der Waals surface area contributed by atoms with Gasteiger partial charge in [0.2, 0.25) is 0 Å². The molecule has 0 atom stereocenters. The van der Waals surface area contributed by atoms with Crippen molar-refractivity contribution in [2.75, 3.05) is 18.0 Å². The molecular formula is C19H21Cl2NO. The maximum Gasteiger partial charge on any atom is 0.194 e. The van der Waals surface area contributed by atoms with Gasteiger partial charge in [-0.05, 0) is 55.3 Å². The van der Waals surface area contributed by atoms with E-state index in [4.69, 9.17) is 23.2 Å². The van der Waals surface area contributed by atoms with E-state index in [1.807, 2.05) is 24.3 Å². The van der Waals surface area contributed by atoms with Crippen molar-refractivity contribution in [3.63, 3.8) is 0 Å². The van der Waals surface area contributed by atoms with Gasteiger partial charge in [-0.3, -0.25) is 4.79 Å². The fraction of sp³-hybridized carbons (Fsp3) is 0.316. The lowest BCUT2D eigenvalue weighted by molar-refractivity contribution is 0.103. The van der Waals surface area contributed by atoms with Gasteiger partial charge in [-0.2, -0.15) is 0 Å². The molecule has 2 aromatic rings. The van der Waals surface area contributed by atoms with E-state index in [0.29, 0.717) is 21.2 Å². The van der Waals surface area contributed by atoms with Gasteiger partial charge in [0.15, 0.2) is 5.78 Å². The zero-order valence-corrected chi connectivity index (χ0v) is 15.0. The van der Waals surface area contributed by atoms with Gasteiger partial charge in [0.25, 0.3) is 0 Å². The molecule has 0 saturated heterocycles. The number of halogens is 2. The van der Waals surface area contributed by atoms with Gasteiger partial charge in [-0.25, -0.2) is 0 Å². The third-order valence-corrected chi connectivity index (χ3v) is 4.22. The van der Waals surface area contributed by atoms with Crippen molar-refractivity contribution in [1.29, 1.82) is 0 Å². The van der Waals surface area contributed by atoms with E-state index in [1.54, 1.807) is 18.2 Å². The van der Waals surface area contributed by atoms with Crippen LogP contribution in [0.15, 0.2) is 42.5 Å². The smallest absolute Gasteiger partial charge is 0.194 e. The second-order valence-electron chi connectivity index (χ2n) is 5.49. The summed E-state index contributed by atoms with van der Waals surface area (Å²) in [7, 11) is 0. The Morgan fingerprint density at radius 3 is 2.13 bits per heavy atom. The highest BCUT2D eigenvalue weighted by atomic mass is 35.5. The van der Waals surface area contributed by atoms with Crippen LogP contribution >= 0.6 is 23.2 Å². The molecule has 0 fully saturated rings. The van der Waals surface area contributed by atoms with E-state index in [9.17, 15) is 4.79 Å². The number of anilines is 1. The van der Waals surface area contributed by atoms with Crippen molar-refractivity contribution in [2.45, 2.75) is 26.7 Å². The molecule has 23 heavy (non-hydrogen) atoms. The number of carbonyl (C=O) groups excluding carboxylic acids is 1. The quantitative estimate of drug-likeness (QED) is 0.584. The molecule has 0 radical (unpaired) electrons. The van der Waals surface area contributed by atoms with Gasteiger partial charge in [0.1, 0.15) is 0 Å². The van der Waals surface area contributed by atoms with Crippen molar-refractivity contribution in [2.24, 2.45) is 0 Å². The lowest BCUT2D eigenvalue weighted by Crippen LogP contribution is -2.24. The summed E-state index contributed by atoms with van der Waals surface area (Å²) < 4.78 is 0. The Morgan fingerprint density at radius 2 is 1.57 bits per heavy atom. The maximum absolute atomic E-state index is 12.6. The largest absolute Gasteiger partial charge is 0.372 e. The SMILES string of the molecule is CCCN(CCC)c1ccc(C(=O)c2cc(Cl)ccc2Cl)cc1. The first-order valence-corrected chi connectivity index (χ1v) is 8.67. The van der Waals surface area contributed by atoms with E-state index in [2.05, 4.69) is 18.7 Å². The number of ketones is 1. The van der Waals surface area contributed by atoms with E-state index in [0.717, 1.165) is 31.6 Å². The van der Waals surface area contributed by atoms with Gasteiger partial charge in [-0.15, -0.1) is 0 Å². The Labute approximate surface area is 148 Å². The van der Waals surface area contributed by atoms with Crippen LogP contribution in [0.1, 0.15) is 42.6 Å². The molecule has 0 aromatic heterocycles. The number of rotatable bonds is 7.